The van der Waals surface area contributed by atoms with Crippen LogP contribution in [0.15, 0.2) is 36.5 Å². The quantitative estimate of drug-likeness (QED) is 0.850. The Morgan fingerprint density at radius 3 is 2.75 bits per heavy atom. The van der Waals surface area contributed by atoms with E-state index >= 15 is 0 Å². The zero-order valence-electron chi connectivity index (χ0n) is 13.4. The Morgan fingerprint density at radius 1 is 1.33 bits per heavy atom. The second-order valence-electron chi connectivity index (χ2n) is 5.36. The summed E-state index contributed by atoms with van der Waals surface area (Å²) >= 11 is 0. The monoisotopic (exact) mass is 340 g/mol. The fraction of sp³-hybridized carbons (Fsp3) is 0.375. The summed E-state index contributed by atoms with van der Waals surface area (Å²) in [5.41, 5.74) is -0.373. The molecule has 2 aromatic rings. The molecule has 2 N–H and O–H groups in total. The van der Waals surface area contributed by atoms with Gasteiger partial charge in [-0.15, -0.1) is 0 Å². The molecule has 1 aromatic carbocycles. The van der Waals surface area contributed by atoms with Crippen LogP contribution in [-0.2, 0) is 6.18 Å². The molecular formula is C16H19F3N4O. The molecule has 0 aliphatic rings. The number of benzene rings is 1. The van der Waals surface area contributed by atoms with Crippen molar-refractivity contribution >= 4 is 5.91 Å². The van der Waals surface area contributed by atoms with Crippen LogP contribution in [0.4, 0.5) is 13.2 Å². The van der Waals surface area contributed by atoms with Crippen molar-refractivity contribution in [3.63, 3.8) is 0 Å². The zero-order valence-corrected chi connectivity index (χ0v) is 13.4. The maximum Gasteiger partial charge on any atom is 0.416 e. The third kappa shape index (κ3) is 4.58. The molecule has 1 amide bonds. The summed E-state index contributed by atoms with van der Waals surface area (Å²) in [7, 11) is 0. The van der Waals surface area contributed by atoms with E-state index in [0.717, 1.165) is 18.7 Å². The minimum Gasteiger partial charge on any atom is -0.349 e. The van der Waals surface area contributed by atoms with Gasteiger partial charge in [0.25, 0.3) is 5.91 Å². The molecule has 0 saturated carbocycles. The number of amides is 1. The standard InChI is InChI=1S/C16H19F3N4O/c1-3-20-11(2)10-21-15(24)14-7-8-23(22-14)13-6-4-5-12(9-13)16(17,18)19/h4-9,11,20H,3,10H2,1-2H3,(H,21,24)/t11-/m1/s1. The van der Waals surface area contributed by atoms with Crippen molar-refractivity contribution < 1.29 is 18.0 Å². The van der Waals surface area contributed by atoms with E-state index in [-0.39, 0.29) is 23.3 Å². The highest BCUT2D eigenvalue weighted by Gasteiger charge is 2.30. The second-order valence-corrected chi connectivity index (χ2v) is 5.36. The fourth-order valence-corrected chi connectivity index (χ4v) is 2.17. The number of halogens is 3. The average Bonchev–Trinajstić information content (AvgIpc) is 3.02. The average molecular weight is 340 g/mol. The van der Waals surface area contributed by atoms with E-state index in [9.17, 15) is 18.0 Å². The number of nitrogens with one attached hydrogen (secondary N) is 2. The molecule has 0 bridgehead atoms. The van der Waals surface area contributed by atoms with Crippen molar-refractivity contribution in [1.82, 2.24) is 20.4 Å². The van der Waals surface area contributed by atoms with Crippen molar-refractivity contribution in [2.24, 2.45) is 0 Å². The number of carbonyl (C=O) groups is 1. The van der Waals surface area contributed by atoms with Crippen molar-refractivity contribution in [2.45, 2.75) is 26.1 Å². The van der Waals surface area contributed by atoms with Gasteiger partial charge in [0.2, 0.25) is 0 Å². The van der Waals surface area contributed by atoms with Crippen LogP contribution in [0.25, 0.3) is 5.69 Å². The number of hydrogen-bond acceptors (Lipinski definition) is 3. The first-order chi connectivity index (χ1) is 11.3. The lowest BCUT2D eigenvalue weighted by Crippen LogP contribution is -2.38. The van der Waals surface area contributed by atoms with Crippen LogP contribution >= 0.6 is 0 Å². The summed E-state index contributed by atoms with van der Waals surface area (Å²) in [6.07, 6.45) is -2.97. The van der Waals surface area contributed by atoms with Gasteiger partial charge in [-0.2, -0.15) is 18.3 Å². The summed E-state index contributed by atoms with van der Waals surface area (Å²) in [5, 5.41) is 9.93. The lowest BCUT2D eigenvalue weighted by Gasteiger charge is -2.12. The summed E-state index contributed by atoms with van der Waals surface area (Å²) in [6.45, 7) is 5.13. The first-order valence-corrected chi connectivity index (χ1v) is 7.56. The van der Waals surface area contributed by atoms with Gasteiger partial charge in [-0.3, -0.25) is 4.79 Å². The molecule has 1 aromatic heterocycles. The van der Waals surface area contributed by atoms with Crippen molar-refractivity contribution in [2.75, 3.05) is 13.1 Å². The van der Waals surface area contributed by atoms with Crippen molar-refractivity contribution in [3.05, 3.63) is 47.8 Å². The summed E-state index contributed by atoms with van der Waals surface area (Å²) < 4.78 is 39.5. The van der Waals surface area contributed by atoms with Gasteiger partial charge in [0.15, 0.2) is 5.69 Å². The highest BCUT2D eigenvalue weighted by Crippen LogP contribution is 2.30. The maximum absolute atomic E-state index is 12.8. The first kappa shape index (κ1) is 18.0. The Bertz CT molecular complexity index is 697. The van der Waals surface area contributed by atoms with Gasteiger partial charge in [-0.25, -0.2) is 4.68 Å². The maximum atomic E-state index is 12.8. The number of carbonyl (C=O) groups excluding carboxylic acids is 1. The predicted molar refractivity (Wildman–Crippen MR) is 84.0 cm³/mol. The van der Waals surface area contributed by atoms with E-state index in [0.29, 0.717) is 6.54 Å². The molecule has 0 unspecified atom stereocenters. The van der Waals surface area contributed by atoms with Crippen LogP contribution in [0, 0.1) is 0 Å². The third-order valence-corrected chi connectivity index (χ3v) is 3.38. The number of likely N-dealkylation sites (N-methyl/N-ethyl adjacent to an activating group) is 1. The van der Waals surface area contributed by atoms with Crippen molar-refractivity contribution in [1.29, 1.82) is 0 Å². The van der Waals surface area contributed by atoms with E-state index in [4.69, 9.17) is 0 Å². The van der Waals surface area contributed by atoms with Gasteiger partial charge in [-0.1, -0.05) is 13.0 Å². The Morgan fingerprint density at radius 2 is 2.08 bits per heavy atom. The Hall–Kier alpha value is -2.35. The van der Waals surface area contributed by atoms with E-state index < -0.39 is 11.7 Å². The molecule has 0 radical (unpaired) electrons. The molecule has 0 aliphatic heterocycles. The Labute approximate surface area is 137 Å². The summed E-state index contributed by atoms with van der Waals surface area (Å²) in [6, 6.07) is 6.36. The minimum absolute atomic E-state index is 0.115. The van der Waals surface area contributed by atoms with Gasteiger partial charge in [0, 0.05) is 18.8 Å². The number of alkyl halides is 3. The SMILES string of the molecule is CCN[C@H](C)CNC(=O)c1ccn(-c2cccc(C(F)(F)F)c2)n1. The highest BCUT2D eigenvalue weighted by atomic mass is 19.4. The molecule has 0 saturated heterocycles. The molecular weight excluding hydrogens is 321 g/mol. The molecule has 1 atom stereocenters. The van der Waals surface area contributed by atoms with Gasteiger partial charge in [-0.05, 0) is 37.7 Å². The number of hydrogen-bond donors (Lipinski definition) is 2. The first-order valence-electron chi connectivity index (χ1n) is 7.56. The second kappa shape index (κ2) is 7.48. The van der Waals surface area contributed by atoms with Crippen LogP contribution in [0.1, 0.15) is 29.9 Å². The van der Waals surface area contributed by atoms with E-state index in [2.05, 4.69) is 15.7 Å². The molecule has 0 spiro atoms. The van der Waals surface area contributed by atoms with Crippen molar-refractivity contribution in [3.8, 4) is 5.69 Å². The van der Waals surface area contributed by atoms with Gasteiger partial charge in [0.05, 0.1) is 11.3 Å². The lowest BCUT2D eigenvalue weighted by atomic mass is 10.2. The summed E-state index contributed by atoms with van der Waals surface area (Å²) in [4.78, 5) is 12.0. The van der Waals surface area contributed by atoms with Crippen LogP contribution < -0.4 is 10.6 Å². The predicted octanol–water partition coefficient (Wildman–Crippen LogP) is 2.62. The smallest absolute Gasteiger partial charge is 0.349 e. The summed E-state index contributed by atoms with van der Waals surface area (Å²) in [5.74, 6) is -0.370. The molecule has 5 nitrogen and oxygen atoms in total. The highest BCUT2D eigenvalue weighted by molar-refractivity contribution is 5.92. The van der Waals surface area contributed by atoms with Gasteiger partial charge < -0.3 is 10.6 Å². The van der Waals surface area contributed by atoms with Crippen LogP contribution in [0.2, 0.25) is 0 Å². The number of rotatable bonds is 6. The minimum atomic E-state index is -4.42. The molecule has 2 rings (SSSR count). The van der Waals surface area contributed by atoms with Gasteiger partial charge >= 0.3 is 6.18 Å². The van der Waals surface area contributed by atoms with Crippen LogP contribution in [0.3, 0.4) is 0 Å². The molecule has 24 heavy (non-hydrogen) atoms. The van der Waals surface area contributed by atoms with Crippen LogP contribution in [-0.4, -0.2) is 34.8 Å². The largest absolute Gasteiger partial charge is 0.416 e. The molecule has 0 aliphatic carbocycles. The lowest BCUT2D eigenvalue weighted by molar-refractivity contribution is -0.137. The van der Waals surface area contributed by atoms with Crippen LogP contribution in [0.5, 0.6) is 0 Å². The molecule has 130 valence electrons. The number of aromatic nitrogens is 2. The molecule has 8 heteroatoms. The molecule has 0 fully saturated rings. The van der Waals surface area contributed by atoms with E-state index in [1.807, 2.05) is 13.8 Å². The normalized spacial score (nSPS) is 12.9. The van der Waals surface area contributed by atoms with E-state index in [1.54, 1.807) is 0 Å². The topological polar surface area (TPSA) is 58.9 Å². The Balaban J connectivity index is 2.09. The van der Waals surface area contributed by atoms with Gasteiger partial charge in [0.1, 0.15) is 0 Å². The third-order valence-electron chi connectivity index (χ3n) is 3.38. The van der Waals surface area contributed by atoms with E-state index in [1.165, 1.54) is 29.1 Å². The zero-order chi connectivity index (χ0) is 17.7. The molecule has 1 heterocycles. The fourth-order valence-electron chi connectivity index (χ4n) is 2.17. The number of nitrogens with zero attached hydrogens (tertiary/aromatic N) is 2. The Kier molecular flexibility index (Phi) is 5.61.